The fraction of sp³-hybridized carbons (Fsp3) is 0.344. The average Bonchev–Trinajstić information content (AvgIpc) is 3.53. The van der Waals surface area contributed by atoms with Crippen LogP contribution in [0.25, 0.3) is 5.69 Å². The van der Waals surface area contributed by atoms with Crippen molar-refractivity contribution >= 4 is 11.6 Å². The summed E-state index contributed by atoms with van der Waals surface area (Å²) in [6, 6.07) is 13.4. The molecule has 218 valence electrons. The van der Waals surface area contributed by atoms with Gasteiger partial charge in [-0.05, 0) is 56.5 Å². The molecule has 1 atom stereocenters. The van der Waals surface area contributed by atoms with Crippen LogP contribution in [0.15, 0.2) is 48.8 Å². The number of nitriles is 1. The molecule has 5 rings (SSSR count). The van der Waals surface area contributed by atoms with Gasteiger partial charge in [-0.25, -0.2) is 4.68 Å². The minimum absolute atomic E-state index is 0.223. The SMILES string of the molecule is Cc1nn(-c2cccc(COc3cc(OCc4cncc(C#N)c4)c(CN)cc3Cl)c2C)c(C)c1CN1CC[C@@H](O)C1. The highest BCUT2D eigenvalue weighted by molar-refractivity contribution is 6.32. The molecule has 0 aliphatic carbocycles. The molecule has 42 heavy (non-hydrogen) atoms. The van der Waals surface area contributed by atoms with Crippen molar-refractivity contribution in [2.45, 2.75) is 59.6 Å². The summed E-state index contributed by atoms with van der Waals surface area (Å²) in [5.74, 6) is 1.05. The van der Waals surface area contributed by atoms with Crippen molar-refractivity contribution < 1.29 is 14.6 Å². The van der Waals surface area contributed by atoms with E-state index in [9.17, 15) is 5.11 Å². The maximum Gasteiger partial charge on any atom is 0.142 e. The van der Waals surface area contributed by atoms with E-state index in [0.717, 1.165) is 58.8 Å². The minimum atomic E-state index is -0.249. The molecular formula is C32H35ClN6O3. The van der Waals surface area contributed by atoms with Gasteiger partial charge >= 0.3 is 0 Å². The fourth-order valence-corrected chi connectivity index (χ4v) is 5.54. The summed E-state index contributed by atoms with van der Waals surface area (Å²) >= 11 is 6.57. The van der Waals surface area contributed by atoms with Gasteiger partial charge in [-0.15, -0.1) is 0 Å². The molecule has 2 aromatic carbocycles. The highest BCUT2D eigenvalue weighted by atomic mass is 35.5. The molecule has 0 spiro atoms. The number of likely N-dealkylation sites (tertiary alicyclic amines) is 1. The lowest BCUT2D eigenvalue weighted by Gasteiger charge is -2.17. The highest BCUT2D eigenvalue weighted by Crippen LogP contribution is 2.34. The van der Waals surface area contributed by atoms with Crippen molar-refractivity contribution in [2.24, 2.45) is 5.73 Å². The quantitative estimate of drug-likeness (QED) is 0.269. The first-order valence-corrected chi connectivity index (χ1v) is 14.3. The molecule has 1 aliphatic heterocycles. The normalized spacial score (nSPS) is 15.1. The molecule has 0 saturated carbocycles. The molecule has 2 aromatic heterocycles. The van der Waals surface area contributed by atoms with Crippen LogP contribution in [0.4, 0.5) is 0 Å². The molecule has 0 bridgehead atoms. The summed E-state index contributed by atoms with van der Waals surface area (Å²) in [4.78, 5) is 6.37. The number of benzene rings is 2. The van der Waals surface area contributed by atoms with Crippen LogP contribution >= 0.6 is 11.6 Å². The van der Waals surface area contributed by atoms with Crippen molar-refractivity contribution in [3.05, 3.63) is 98.6 Å². The standard InChI is InChI=1S/C32H35ClN6O3/c1-20-25(5-4-6-30(20)39-22(3)28(21(2)37-39)17-38-8-7-27(40)16-38)19-42-32-11-31(26(13-35)10-29(32)33)41-18-24-9-23(12-34)14-36-15-24/h4-6,9-11,14-15,27,40H,7-8,13,16-19,35H2,1-3H3/t27-/m1/s1. The van der Waals surface area contributed by atoms with Crippen LogP contribution in [0, 0.1) is 32.1 Å². The van der Waals surface area contributed by atoms with Crippen molar-refractivity contribution in [1.82, 2.24) is 19.7 Å². The van der Waals surface area contributed by atoms with Crippen molar-refractivity contribution in [1.29, 1.82) is 5.26 Å². The lowest BCUT2D eigenvalue weighted by atomic mass is 10.1. The third-order valence-corrected chi connectivity index (χ3v) is 8.05. The van der Waals surface area contributed by atoms with Crippen LogP contribution in [-0.4, -0.2) is 44.0 Å². The number of aliphatic hydroxyl groups excluding tert-OH is 1. The number of rotatable bonds is 10. The number of aryl methyl sites for hydroxylation is 1. The Morgan fingerprint density at radius 2 is 1.90 bits per heavy atom. The Morgan fingerprint density at radius 1 is 1.10 bits per heavy atom. The van der Waals surface area contributed by atoms with Gasteiger partial charge in [0.15, 0.2) is 0 Å². The number of aromatic nitrogens is 3. The Labute approximate surface area is 251 Å². The second-order valence-corrected chi connectivity index (χ2v) is 11.1. The van der Waals surface area contributed by atoms with Crippen LogP contribution in [0.1, 0.15) is 51.2 Å². The van der Waals surface area contributed by atoms with Gasteiger partial charge < -0.3 is 20.3 Å². The molecule has 1 fully saturated rings. The number of β-amino-alcohol motifs (C(OH)–C–C–N with tert-alkyl or cyclic N) is 1. The lowest BCUT2D eigenvalue weighted by molar-refractivity contribution is 0.174. The lowest BCUT2D eigenvalue weighted by Crippen LogP contribution is -2.22. The molecule has 1 saturated heterocycles. The zero-order valence-corrected chi connectivity index (χ0v) is 24.9. The van der Waals surface area contributed by atoms with Gasteiger partial charge in [-0.1, -0.05) is 23.7 Å². The summed E-state index contributed by atoms with van der Waals surface area (Å²) in [6.07, 6.45) is 3.73. The number of nitrogens with two attached hydrogens (primary N) is 1. The van der Waals surface area contributed by atoms with Crippen molar-refractivity contribution in [3.63, 3.8) is 0 Å². The number of ether oxygens (including phenoxy) is 2. The van der Waals surface area contributed by atoms with E-state index in [0.29, 0.717) is 35.2 Å². The molecule has 4 aromatic rings. The summed E-state index contributed by atoms with van der Waals surface area (Å²) in [5.41, 5.74) is 14.3. The number of halogens is 1. The van der Waals surface area contributed by atoms with Crippen LogP contribution in [0.2, 0.25) is 5.02 Å². The van der Waals surface area contributed by atoms with E-state index in [-0.39, 0.29) is 19.3 Å². The predicted octanol–water partition coefficient (Wildman–Crippen LogP) is 4.90. The molecular weight excluding hydrogens is 552 g/mol. The van der Waals surface area contributed by atoms with E-state index in [4.69, 9.17) is 37.2 Å². The first kappa shape index (κ1) is 29.5. The van der Waals surface area contributed by atoms with Crippen LogP contribution in [-0.2, 0) is 26.3 Å². The zero-order chi connectivity index (χ0) is 29.8. The van der Waals surface area contributed by atoms with Gasteiger partial charge in [0.2, 0.25) is 0 Å². The Bertz CT molecular complexity index is 1630. The molecule has 3 heterocycles. The van der Waals surface area contributed by atoms with Gasteiger partial charge in [0.25, 0.3) is 0 Å². The fourth-order valence-electron chi connectivity index (χ4n) is 5.30. The third-order valence-electron chi connectivity index (χ3n) is 7.75. The van der Waals surface area contributed by atoms with Gasteiger partial charge in [-0.2, -0.15) is 10.4 Å². The van der Waals surface area contributed by atoms with Gasteiger partial charge in [0, 0.05) is 67.0 Å². The first-order valence-electron chi connectivity index (χ1n) is 13.9. The largest absolute Gasteiger partial charge is 0.488 e. The number of hydrogen-bond acceptors (Lipinski definition) is 8. The third kappa shape index (κ3) is 6.42. The number of pyridine rings is 1. The Morgan fingerprint density at radius 3 is 2.64 bits per heavy atom. The highest BCUT2D eigenvalue weighted by Gasteiger charge is 2.23. The monoisotopic (exact) mass is 586 g/mol. The van der Waals surface area contributed by atoms with Crippen LogP contribution < -0.4 is 15.2 Å². The summed E-state index contributed by atoms with van der Waals surface area (Å²) in [7, 11) is 0. The number of nitrogens with zero attached hydrogens (tertiary/aromatic N) is 5. The molecule has 1 aliphatic rings. The Hall–Kier alpha value is -3.94. The summed E-state index contributed by atoms with van der Waals surface area (Å²) in [6.45, 7) is 9.34. The average molecular weight is 587 g/mol. The summed E-state index contributed by atoms with van der Waals surface area (Å²) < 4.78 is 14.3. The van der Waals surface area contributed by atoms with Crippen LogP contribution in [0.3, 0.4) is 0 Å². The maximum atomic E-state index is 9.94. The Balaban J connectivity index is 1.33. The Kier molecular flexibility index (Phi) is 9.09. The van der Waals surface area contributed by atoms with E-state index in [1.165, 1.54) is 11.8 Å². The minimum Gasteiger partial charge on any atom is -0.488 e. The number of aliphatic hydroxyl groups is 1. The van der Waals surface area contributed by atoms with E-state index in [2.05, 4.69) is 35.9 Å². The van der Waals surface area contributed by atoms with Crippen molar-refractivity contribution in [3.8, 4) is 23.3 Å². The van der Waals surface area contributed by atoms with E-state index in [1.807, 2.05) is 23.7 Å². The molecule has 0 unspecified atom stereocenters. The molecule has 9 nitrogen and oxygen atoms in total. The maximum absolute atomic E-state index is 9.94. The van der Waals surface area contributed by atoms with E-state index < -0.39 is 0 Å². The predicted molar refractivity (Wildman–Crippen MR) is 161 cm³/mol. The van der Waals surface area contributed by atoms with E-state index >= 15 is 0 Å². The first-order chi connectivity index (χ1) is 20.3. The zero-order valence-electron chi connectivity index (χ0n) is 24.1. The van der Waals surface area contributed by atoms with Gasteiger partial charge in [0.05, 0.1) is 28.1 Å². The second kappa shape index (κ2) is 12.9. The van der Waals surface area contributed by atoms with Crippen molar-refractivity contribution in [2.75, 3.05) is 13.1 Å². The number of hydrogen-bond donors (Lipinski definition) is 2. The summed E-state index contributed by atoms with van der Waals surface area (Å²) in [5, 5.41) is 24.4. The van der Waals surface area contributed by atoms with Gasteiger partial charge in [0.1, 0.15) is 30.8 Å². The van der Waals surface area contributed by atoms with Gasteiger partial charge in [-0.3, -0.25) is 9.88 Å². The van der Waals surface area contributed by atoms with Crippen LogP contribution in [0.5, 0.6) is 11.5 Å². The van der Waals surface area contributed by atoms with E-state index in [1.54, 1.807) is 24.4 Å². The molecule has 0 radical (unpaired) electrons. The molecule has 10 heteroatoms. The molecule has 0 amide bonds. The second-order valence-electron chi connectivity index (χ2n) is 10.7. The smallest absolute Gasteiger partial charge is 0.142 e. The topological polar surface area (TPSA) is 122 Å². The molecule has 3 N–H and O–H groups in total.